The van der Waals surface area contributed by atoms with Gasteiger partial charge in [-0.3, -0.25) is 9.36 Å². The lowest BCUT2D eigenvalue weighted by Crippen LogP contribution is -2.56. The molecule has 2 aliphatic heterocycles. The van der Waals surface area contributed by atoms with Gasteiger partial charge >= 0.3 is 0 Å². The number of ether oxygens (including phenoxy) is 2. The lowest BCUT2D eigenvalue weighted by molar-refractivity contribution is -0.183. The van der Waals surface area contributed by atoms with Crippen molar-refractivity contribution in [2.24, 2.45) is 0 Å². The molecule has 1 spiro atoms. The highest BCUT2D eigenvalue weighted by Gasteiger charge is 2.45. The quantitative estimate of drug-likeness (QED) is 0.827. The zero-order chi connectivity index (χ0) is 18.0. The molecule has 1 amide bonds. The minimum absolute atomic E-state index is 0.0560. The minimum atomic E-state index is -0.248. The van der Waals surface area contributed by atoms with Crippen LogP contribution in [0.5, 0.6) is 0 Å². The van der Waals surface area contributed by atoms with Gasteiger partial charge in [0.25, 0.3) is 5.91 Å². The fourth-order valence-electron chi connectivity index (χ4n) is 3.95. The number of hydrogen-bond donors (Lipinski definition) is 0. The predicted octanol–water partition coefficient (Wildman–Crippen LogP) is 1.46. The maximum atomic E-state index is 12.9. The van der Waals surface area contributed by atoms with Crippen molar-refractivity contribution in [3.8, 4) is 5.82 Å². The second-order valence-electron chi connectivity index (χ2n) is 6.82. The van der Waals surface area contributed by atoms with Gasteiger partial charge in [0, 0.05) is 26.8 Å². The van der Waals surface area contributed by atoms with Crippen molar-refractivity contribution in [3.63, 3.8) is 0 Å². The van der Waals surface area contributed by atoms with Crippen molar-refractivity contribution in [1.82, 2.24) is 24.6 Å². The number of piperidine rings is 1. The monoisotopic (exact) mass is 357 g/mol. The number of nitrogens with zero attached hydrogens (tertiary/aromatic N) is 5. The van der Waals surface area contributed by atoms with Gasteiger partial charge in [0.15, 0.2) is 0 Å². The van der Waals surface area contributed by atoms with Crippen LogP contribution in [0.3, 0.4) is 0 Å². The number of rotatable bonds is 3. The van der Waals surface area contributed by atoms with E-state index >= 15 is 0 Å². The number of methoxy groups -OCH3 is 1. The summed E-state index contributed by atoms with van der Waals surface area (Å²) in [7, 11) is 1.75. The van der Waals surface area contributed by atoms with Crippen LogP contribution in [-0.4, -0.2) is 69.1 Å². The summed E-state index contributed by atoms with van der Waals surface area (Å²) in [5.41, 5.74) is 0.182. The SMILES string of the molecule is COC1CCCOC12CCN(C(=O)c1cccc(-n3cnnc3)n1)CC2. The van der Waals surface area contributed by atoms with Crippen molar-refractivity contribution in [2.45, 2.75) is 37.4 Å². The smallest absolute Gasteiger partial charge is 0.272 e. The highest BCUT2D eigenvalue weighted by molar-refractivity contribution is 5.92. The molecule has 2 aromatic rings. The Bertz CT molecular complexity index is 756. The molecular formula is C18H23N5O3. The first-order valence-corrected chi connectivity index (χ1v) is 9.00. The molecule has 4 rings (SSSR count). The van der Waals surface area contributed by atoms with Crippen molar-refractivity contribution in [1.29, 1.82) is 0 Å². The number of carbonyl (C=O) groups excluding carboxylic acids is 1. The van der Waals surface area contributed by atoms with E-state index in [0.717, 1.165) is 32.3 Å². The molecule has 2 saturated heterocycles. The number of likely N-dealkylation sites (tertiary alicyclic amines) is 1. The Morgan fingerprint density at radius 2 is 2.04 bits per heavy atom. The largest absolute Gasteiger partial charge is 0.378 e. The standard InChI is InChI=1S/C18H23N5O3/c1-25-15-5-3-11-26-18(15)7-9-22(10-8-18)17(24)14-4-2-6-16(21-14)23-12-19-20-13-23/h2,4,6,12-13,15H,3,5,7-11H2,1H3. The molecule has 0 radical (unpaired) electrons. The molecule has 8 nitrogen and oxygen atoms in total. The van der Waals surface area contributed by atoms with Crippen molar-refractivity contribution in [3.05, 3.63) is 36.5 Å². The second-order valence-corrected chi connectivity index (χ2v) is 6.82. The minimum Gasteiger partial charge on any atom is -0.378 e. The van der Waals surface area contributed by atoms with Crippen LogP contribution >= 0.6 is 0 Å². The molecule has 8 heteroatoms. The zero-order valence-electron chi connectivity index (χ0n) is 14.9. The fourth-order valence-corrected chi connectivity index (χ4v) is 3.95. The highest BCUT2D eigenvalue weighted by atomic mass is 16.5. The molecule has 0 saturated carbocycles. The maximum absolute atomic E-state index is 12.9. The maximum Gasteiger partial charge on any atom is 0.272 e. The third-order valence-corrected chi connectivity index (χ3v) is 5.41. The Morgan fingerprint density at radius 1 is 1.27 bits per heavy atom. The number of aromatic nitrogens is 4. The van der Waals surface area contributed by atoms with Crippen LogP contribution in [0.15, 0.2) is 30.9 Å². The van der Waals surface area contributed by atoms with Crippen molar-refractivity contribution in [2.75, 3.05) is 26.8 Å². The number of amides is 1. The van der Waals surface area contributed by atoms with E-state index < -0.39 is 0 Å². The van der Waals surface area contributed by atoms with Crippen LogP contribution in [0.1, 0.15) is 36.2 Å². The van der Waals surface area contributed by atoms with Crippen LogP contribution in [-0.2, 0) is 9.47 Å². The van der Waals surface area contributed by atoms with Gasteiger partial charge in [-0.25, -0.2) is 4.98 Å². The van der Waals surface area contributed by atoms with Crippen LogP contribution < -0.4 is 0 Å². The molecule has 0 bridgehead atoms. The fraction of sp³-hybridized carbons (Fsp3) is 0.556. The predicted molar refractivity (Wildman–Crippen MR) is 93.0 cm³/mol. The molecule has 2 aromatic heterocycles. The number of carbonyl (C=O) groups is 1. The van der Waals surface area contributed by atoms with E-state index in [1.807, 2.05) is 17.0 Å². The molecule has 4 heterocycles. The van der Waals surface area contributed by atoms with Gasteiger partial charge in [-0.05, 0) is 37.8 Å². The molecule has 1 atom stereocenters. The average molecular weight is 357 g/mol. The molecule has 0 aliphatic carbocycles. The van der Waals surface area contributed by atoms with Gasteiger partial charge < -0.3 is 14.4 Å². The van der Waals surface area contributed by atoms with Gasteiger partial charge in [-0.1, -0.05) is 6.07 Å². The van der Waals surface area contributed by atoms with E-state index in [1.165, 1.54) is 0 Å². The Balaban J connectivity index is 1.46. The molecule has 1 unspecified atom stereocenters. The molecule has 26 heavy (non-hydrogen) atoms. The van der Waals surface area contributed by atoms with Crippen LogP contribution in [0.4, 0.5) is 0 Å². The second kappa shape index (κ2) is 7.13. The molecular weight excluding hydrogens is 334 g/mol. The average Bonchev–Trinajstić information content (AvgIpc) is 3.23. The van der Waals surface area contributed by atoms with E-state index in [-0.39, 0.29) is 17.6 Å². The summed E-state index contributed by atoms with van der Waals surface area (Å²) in [4.78, 5) is 19.2. The lowest BCUT2D eigenvalue weighted by Gasteiger charge is -2.47. The van der Waals surface area contributed by atoms with E-state index in [4.69, 9.17) is 9.47 Å². The molecule has 0 aromatic carbocycles. The summed E-state index contributed by atoms with van der Waals surface area (Å²) in [6.45, 7) is 2.07. The van der Waals surface area contributed by atoms with E-state index in [1.54, 1.807) is 30.4 Å². The Hall–Kier alpha value is -2.32. The molecule has 138 valence electrons. The third-order valence-electron chi connectivity index (χ3n) is 5.41. The first-order valence-electron chi connectivity index (χ1n) is 9.00. The summed E-state index contributed by atoms with van der Waals surface area (Å²) < 4.78 is 13.5. The molecule has 0 N–H and O–H groups in total. The Morgan fingerprint density at radius 3 is 2.77 bits per heavy atom. The van der Waals surface area contributed by atoms with Gasteiger partial charge in [-0.2, -0.15) is 0 Å². The van der Waals surface area contributed by atoms with Gasteiger partial charge in [0.2, 0.25) is 0 Å². The highest BCUT2D eigenvalue weighted by Crippen LogP contribution is 2.37. The third kappa shape index (κ3) is 3.10. The summed E-state index contributed by atoms with van der Waals surface area (Å²) in [5.74, 6) is 0.573. The number of pyridine rings is 1. The molecule has 2 fully saturated rings. The topological polar surface area (TPSA) is 82.4 Å². The summed E-state index contributed by atoms with van der Waals surface area (Å²) in [5, 5.41) is 7.56. The normalized spacial score (nSPS) is 22.5. The van der Waals surface area contributed by atoms with Crippen LogP contribution in [0.25, 0.3) is 5.82 Å². The summed E-state index contributed by atoms with van der Waals surface area (Å²) >= 11 is 0. The van der Waals surface area contributed by atoms with Crippen molar-refractivity contribution < 1.29 is 14.3 Å². The van der Waals surface area contributed by atoms with E-state index in [9.17, 15) is 4.79 Å². The Kier molecular flexibility index (Phi) is 4.69. The van der Waals surface area contributed by atoms with Gasteiger partial charge in [0.05, 0.1) is 11.7 Å². The van der Waals surface area contributed by atoms with Crippen LogP contribution in [0.2, 0.25) is 0 Å². The van der Waals surface area contributed by atoms with Gasteiger partial charge in [-0.15, -0.1) is 10.2 Å². The van der Waals surface area contributed by atoms with E-state index in [0.29, 0.717) is 24.6 Å². The number of hydrogen-bond acceptors (Lipinski definition) is 6. The van der Waals surface area contributed by atoms with Gasteiger partial charge in [0.1, 0.15) is 24.2 Å². The molecule has 2 aliphatic rings. The van der Waals surface area contributed by atoms with Crippen molar-refractivity contribution >= 4 is 5.91 Å². The zero-order valence-corrected chi connectivity index (χ0v) is 14.9. The summed E-state index contributed by atoms with van der Waals surface area (Å²) in [6, 6.07) is 5.40. The summed E-state index contributed by atoms with van der Waals surface area (Å²) in [6.07, 6.45) is 6.88. The first kappa shape index (κ1) is 17.1. The van der Waals surface area contributed by atoms with E-state index in [2.05, 4.69) is 15.2 Å². The Labute approximate surface area is 152 Å². The lowest BCUT2D eigenvalue weighted by atomic mass is 9.82. The first-order chi connectivity index (χ1) is 12.7. The van der Waals surface area contributed by atoms with Crippen LogP contribution in [0, 0.1) is 0 Å².